The summed E-state index contributed by atoms with van der Waals surface area (Å²) in [6.45, 7) is 0. The van der Waals surface area contributed by atoms with Gasteiger partial charge in [-0.2, -0.15) is 0 Å². The van der Waals surface area contributed by atoms with Crippen LogP contribution in [0.25, 0.3) is 10.8 Å². The molecule has 5 N–H and O–H groups in total. The molecule has 0 aliphatic carbocycles. The molecule has 0 aliphatic heterocycles. The van der Waals surface area contributed by atoms with Crippen molar-refractivity contribution in [3.05, 3.63) is 45.0 Å². The minimum atomic E-state index is -0.273. The van der Waals surface area contributed by atoms with Crippen molar-refractivity contribution in [3.8, 4) is 0 Å². The molecule has 0 radical (unpaired) electrons. The number of rotatable bonds is 0. The number of halogens is 2. The summed E-state index contributed by atoms with van der Waals surface area (Å²) in [5.74, 6) is 0. The second-order valence-corrected chi connectivity index (χ2v) is 2.45. The van der Waals surface area contributed by atoms with Gasteiger partial charge in [-0.25, -0.2) is 0 Å². The zero-order valence-corrected chi connectivity index (χ0v) is 11.7. The Morgan fingerprint density at radius 1 is 0.812 bits per heavy atom. The van der Waals surface area contributed by atoms with Crippen LogP contribution in [0.1, 0.15) is 0 Å². The van der Waals surface area contributed by atoms with E-state index < -0.39 is 0 Å². The number of fused-ring (bicyclic) bond motifs is 1. The molecule has 1 heterocycles. The minimum absolute atomic E-state index is 0. The fraction of sp³-hybridized carbons (Fsp3) is 0. The van der Waals surface area contributed by atoms with Crippen molar-refractivity contribution >= 4 is 10.8 Å². The predicted octanol–water partition coefficient (Wildman–Crippen LogP) is -5.62. The summed E-state index contributed by atoms with van der Waals surface area (Å²) in [5.41, 5.74) is -0.546. The zero-order chi connectivity index (χ0) is 8.55. The van der Waals surface area contributed by atoms with E-state index in [9.17, 15) is 9.59 Å². The molecule has 16 heavy (non-hydrogen) atoms. The summed E-state index contributed by atoms with van der Waals surface area (Å²) in [6.07, 6.45) is 0. The Morgan fingerprint density at radius 2 is 1.12 bits per heavy atom. The Kier molecular flexibility index (Phi) is 11.1. The van der Waals surface area contributed by atoms with Gasteiger partial charge >= 0.3 is 21.1 Å². The molecule has 0 saturated heterocycles. The van der Waals surface area contributed by atoms with E-state index in [1.165, 1.54) is 0 Å². The van der Waals surface area contributed by atoms with Gasteiger partial charge < -0.3 is 31.0 Å². The standard InChI is InChI=1S/C8H6N2O2.2ClH.H3N.Pt/c11-7-5-3-1-2-4-6(5)8(12)10-9-7;;;;/h1-4H,(H,9,11)(H,10,12);2*1H;1H3;/q;;;;+2/p-2. The van der Waals surface area contributed by atoms with Crippen LogP contribution < -0.4 is 42.1 Å². The van der Waals surface area contributed by atoms with Crippen LogP contribution in [0.15, 0.2) is 33.9 Å². The van der Waals surface area contributed by atoms with Gasteiger partial charge in [0.15, 0.2) is 0 Å². The van der Waals surface area contributed by atoms with Crippen molar-refractivity contribution < 1.29 is 45.9 Å². The predicted molar refractivity (Wildman–Crippen MR) is 50.2 cm³/mol. The van der Waals surface area contributed by atoms with E-state index in [2.05, 4.69) is 10.2 Å². The molecule has 0 aliphatic rings. The third-order valence-corrected chi connectivity index (χ3v) is 1.71. The third kappa shape index (κ3) is 3.76. The first-order chi connectivity index (χ1) is 5.79. The number of aromatic nitrogens is 2. The van der Waals surface area contributed by atoms with Gasteiger partial charge in [0.05, 0.1) is 10.8 Å². The van der Waals surface area contributed by atoms with E-state index in [4.69, 9.17) is 0 Å². The maximum atomic E-state index is 11.1. The first-order valence-electron chi connectivity index (χ1n) is 3.49. The van der Waals surface area contributed by atoms with Gasteiger partial charge in [-0.05, 0) is 12.1 Å². The van der Waals surface area contributed by atoms with Gasteiger partial charge in [-0.1, -0.05) is 12.1 Å². The molecule has 0 saturated carbocycles. The second-order valence-electron chi connectivity index (χ2n) is 2.45. The van der Waals surface area contributed by atoms with Crippen LogP contribution in [0.5, 0.6) is 0 Å². The van der Waals surface area contributed by atoms with E-state index in [1.807, 2.05) is 0 Å². The molecule has 2 rings (SSSR count). The molecular formula is C8H9Cl2N3O2Pt. The Labute approximate surface area is 118 Å². The van der Waals surface area contributed by atoms with Gasteiger partial charge in [0.2, 0.25) is 0 Å². The van der Waals surface area contributed by atoms with Crippen LogP contribution in [0, 0.1) is 0 Å². The van der Waals surface area contributed by atoms with E-state index in [-0.39, 0.29) is 63.1 Å². The summed E-state index contributed by atoms with van der Waals surface area (Å²) < 4.78 is 0. The summed E-state index contributed by atoms with van der Waals surface area (Å²) >= 11 is 0. The molecule has 8 heteroatoms. The molecule has 0 bridgehead atoms. The first-order valence-corrected chi connectivity index (χ1v) is 3.49. The molecule has 0 amide bonds. The van der Waals surface area contributed by atoms with Gasteiger partial charge in [0.1, 0.15) is 0 Å². The van der Waals surface area contributed by atoms with Crippen molar-refractivity contribution in [1.29, 1.82) is 0 Å². The van der Waals surface area contributed by atoms with Crippen LogP contribution >= 0.6 is 0 Å². The van der Waals surface area contributed by atoms with Crippen LogP contribution in [0.3, 0.4) is 0 Å². The summed E-state index contributed by atoms with van der Waals surface area (Å²) in [7, 11) is 0. The van der Waals surface area contributed by atoms with Crippen molar-refractivity contribution in [2.45, 2.75) is 0 Å². The fourth-order valence-corrected chi connectivity index (χ4v) is 1.13. The summed E-state index contributed by atoms with van der Waals surface area (Å²) in [6, 6.07) is 6.67. The van der Waals surface area contributed by atoms with E-state index in [0.717, 1.165) is 0 Å². The molecular weight excluding hydrogens is 436 g/mol. The van der Waals surface area contributed by atoms with Crippen LogP contribution in [0.4, 0.5) is 0 Å². The van der Waals surface area contributed by atoms with Gasteiger partial charge in [0, 0.05) is 0 Å². The third-order valence-electron chi connectivity index (χ3n) is 1.71. The van der Waals surface area contributed by atoms with Crippen LogP contribution in [-0.2, 0) is 21.1 Å². The molecule has 0 unspecified atom stereocenters. The summed E-state index contributed by atoms with van der Waals surface area (Å²) in [5, 5.41) is 5.33. The van der Waals surface area contributed by atoms with Crippen molar-refractivity contribution in [3.63, 3.8) is 0 Å². The van der Waals surface area contributed by atoms with E-state index in [0.29, 0.717) is 10.8 Å². The van der Waals surface area contributed by atoms with Crippen molar-refractivity contribution in [1.82, 2.24) is 16.3 Å². The molecule has 1 aromatic heterocycles. The smallest absolute Gasteiger partial charge is 1.00 e. The first kappa shape index (κ1) is 20.8. The monoisotopic (exact) mass is 444 g/mol. The SMILES string of the molecule is N.O=c1[nH][nH]c(=O)c2ccccc12.[Cl-].[Cl-].[Pt+2]. The molecule has 5 nitrogen and oxygen atoms in total. The van der Waals surface area contributed by atoms with Gasteiger partial charge in [-0.3, -0.25) is 19.8 Å². The minimum Gasteiger partial charge on any atom is -1.00 e. The fourth-order valence-electron chi connectivity index (χ4n) is 1.13. The number of nitrogens with one attached hydrogen (secondary N) is 2. The molecule has 0 fully saturated rings. The normalized spacial score (nSPS) is 7.75. The Morgan fingerprint density at radius 3 is 1.44 bits per heavy atom. The zero-order valence-electron chi connectivity index (χ0n) is 7.91. The average Bonchev–Trinajstić information content (AvgIpc) is 2.12. The molecule has 92 valence electrons. The number of aromatic amines is 2. The van der Waals surface area contributed by atoms with E-state index in [1.54, 1.807) is 24.3 Å². The Bertz CT molecular complexity index is 492. The Balaban J connectivity index is -0.000000422. The quantitative estimate of drug-likeness (QED) is 0.377. The van der Waals surface area contributed by atoms with Gasteiger partial charge in [-0.15, -0.1) is 0 Å². The molecule has 1 aromatic carbocycles. The van der Waals surface area contributed by atoms with Crippen molar-refractivity contribution in [2.24, 2.45) is 0 Å². The Hall–Kier alpha value is -0.612. The molecule has 0 spiro atoms. The number of benzene rings is 1. The number of hydrogen-bond donors (Lipinski definition) is 3. The number of H-pyrrole nitrogens is 2. The molecule has 0 atom stereocenters. The average molecular weight is 445 g/mol. The maximum Gasteiger partial charge on any atom is 2.00 e. The number of hydrogen-bond acceptors (Lipinski definition) is 3. The maximum absolute atomic E-state index is 11.1. The van der Waals surface area contributed by atoms with Crippen LogP contribution in [0.2, 0.25) is 0 Å². The second kappa shape index (κ2) is 8.53. The van der Waals surface area contributed by atoms with E-state index >= 15 is 0 Å². The summed E-state index contributed by atoms with van der Waals surface area (Å²) in [4.78, 5) is 22.2. The molecule has 2 aromatic rings. The largest absolute Gasteiger partial charge is 2.00 e. The van der Waals surface area contributed by atoms with Crippen molar-refractivity contribution in [2.75, 3.05) is 0 Å². The van der Waals surface area contributed by atoms with Crippen LogP contribution in [-0.4, -0.2) is 10.2 Å². The topological polar surface area (TPSA) is 101 Å². The van der Waals surface area contributed by atoms with Gasteiger partial charge in [0.25, 0.3) is 11.1 Å².